The molecule has 3 rings (SSSR count). The first-order valence-electron chi connectivity index (χ1n) is 7.15. The molecule has 0 atom stereocenters. The minimum atomic E-state index is -0.0775. The summed E-state index contributed by atoms with van der Waals surface area (Å²) in [5.41, 5.74) is 0.986. The fraction of sp³-hybridized carbons (Fsp3) is 0.333. The molecule has 114 valence electrons. The van der Waals surface area contributed by atoms with Gasteiger partial charge in [0.05, 0.1) is 6.20 Å². The maximum absolute atomic E-state index is 12.4. The number of nitrogens with zero attached hydrogens (tertiary/aromatic N) is 4. The summed E-state index contributed by atoms with van der Waals surface area (Å²) >= 11 is 0. The molecule has 0 saturated carbocycles. The molecule has 2 aromatic heterocycles. The van der Waals surface area contributed by atoms with E-state index in [1.807, 2.05) is 0 Å². The van der Waals surface area contributed by atoms with Gasteiger partial charge in [-0.05, 0) is 13.0 Å². The van der Waals surface area contributed by atoms with Gasteiger partial charge in [-0.25, -0.2) is 4.98 Å². The molecule has 22 heavy (non-hydrogen) atoms. The summed E-state index contributed by atoms with van der Waals surface area (Å²) in [6.45, 7) is 4.14. The van der Waals surface area contributed by atoms with Crippen molar-refractivity contribution in [3.63, 3.8) is 0 Å². The van der Waals surface area contributed by atoms with E-state index in [2.05, 4.69) is 19.9 Å². The van der Waals surface area contributed by atoms with Gasteiger partial charge in [0.2, 0.25) is 0 Å². The van der Waals surface area contributed by atoms with Crippen LogP contribution < -0.4 is 4.90 Å². The minimum Gasteiger partial charge on any atom is -0.356 e. The lowest BCUT2D eigenvalue weighted by atomic mass is 10.2. The van der Waals surface area contributed by atoms with Crippen molar-refractivity contribution in [3.8, 4) is 0 Å². The van der Waals surface area contributed by atoms with E-state index in [1.54, 1.807) is 35.8 Å². The molecule has 0 radical (unpaired) electrons. The SMILES string of the molecule is CC(=O)c1c[nH]c(C(=O)N2CCN(c3cnccn3)CC2)c1. The van der Waals surface area contributed by atoms with Gasteiger partial charge in [-0.1, -0.05) is 0 Å². The lowest BCUT2D eigenvalue weighted by Crippen LogP contribution is -2.49. The highest BCUT2D eigenvalue weighted by Crippen LogP contribution is 2.14. The third-order valence-corrected chi connectivity index (χ3v) is 3.76. The van der Waals surface area contributed by atoms with Crippen LogP contribution in [0.1, 0.15) is 27.8 Å². The number of rotatable bonds is 3. The van der Waals surface area contributed by atoms with Gasteiger partial charge < -0.3 is 14.8 Å². The predicted octanol–water partition coefficient (Wildman–Crippen LogP) is 0.970. The zero-order valence-electron chi connectivity index (χ0n) is 12.3. The first-order valence-corrected chi connectivity index (χ1v) is 7.15. The Morgan fingerprint density at radius 2 is 1.95 bits per heavy atom. The Morgan fingerprint density at radius 1 is 1.18 bits per heavy atom. The molecule has 1 aliphatic rings. The molecule has 1 N–H and O–H groups in total. The molecule has 7 nitrogen and oxygen atoms in total. The zero-order valence-corrected chi connectivity index (χ0v) is 12.3. The van der Waals surface area contributed by atoms with Crippen LogP contribution in [0.15, 0.2) is 30.9 Å². The number of ketones is 1. The number of amides is 1. The molecule has 0 aromatic carbocycles. The van der Waals surface area contributed by atoms with E-state index < -0.39 is 0 Å². The molecule has 2 aromatic rings. The Kier molecular flexibility index (Phi) is 3.86. The van der Waals surface area contributed by atoms with Crippen LogP contribution in [0.3, 0.4) is 0 Å². The first kappa shape index (κ1) is 14.2. The third-order valence-electron chi connectivity index (χ3n) is 3.76. The average Bonchev–Trinajstić information content (AvgIpc) is 3.05. The first-order chi connectivity index (χ1) is 10.6. The summed E-state index contributed by atoms with van der Waals surface area (Å²) in [6.07, 6.45) is 6.60. The largest absolute Gasteiger partial charge is 0.356 e. The van der Waals surface area contributed by atoms with Gasteiger partial charge in [-0.2, -0.15) is 0 Å². The minimum absolute atomic E-state index is 0.0530. The Hall–Kier alpha value is -2.70. The van der Waals surface area contributed by atoms with E-state index in [0.29, 0.717) is 37.4 Å². The maximum atomic E-state index is 12.4. The van der Waals surface area contributed by atoms with Gasteiger partial charge in [-0.3, -0.25) is 14.6 Å². The summed E-state index contributed by atoms with van der Waals surface area (Å²) < 4.78 is 0. The molecule has 1 saturated heterocycles. The van der Waals surface area contributed by atoms with Crippen LogP contribution in [0.2, 0.25) is 0 Å². The number of nitrogens with one attached hydrogen (secondary N) is 1. The van der Waals surface area contributed by atoms with Crippen LogP contribution in [0.4, 0.5) is 5.82 Å². The Balaban J connectivity index is 1.63. The molecule has 0 bridgehead atoms. The third kappa shape index (κ3) is 2.83. The number of piperazine rings is 1. The van der Waals surface area contributed by atoms with Crippen molar-refractivity contribution < 1.29 is 9.59 Å². The second-order valence-electron chi connectivity index (χ2n) is 5.20. The van der Waals surface area contributed by atoms with Gasteiger partial charge in [0.15, 0.2) is 5.78 Å². The lowest BCUT2D eigenvalue weighted by Gasteiger charge is -2.35. The summed E-state index contributed by atoms with van der Waals surface area (Å²) in [5, 5.41) is 0. The monoisotopic (exact) mass is 299 g/mol. The number of anilines is 1. The van der Waals surface area contributed by atoms with E-state index in [1.165, 1.54) is 6.92 Å². The molecule has 1 aliphatic heterocycles. The van der Waals surface area contributed by atoms with Gasteiger partial charge in [0, 0.05) is 50.3 Å². The summed E-state index contributed by atoms with van der Waals surface area (Å²) in [4.78, 5) is 38.8. The molecular weight excluding hydrogens is 282 g/mol. The molecule has 0 spiro atoms. The summed E-state index contributed by atoms with van der Waals surface area (Å²) in [7, 11) is 0. The number of Topliss-reactive ketones (excluding diaryl/α,β-unsaturated/α-hetero) is 1. The molecule has 1 fully saturated rings. The number of carbonyl (C=O) groups is 2. The van der Waals surface area contributed by atoms with Crippen LogP contribution in [-0.2, 0) is 0 Å². The van der Waals surface area contributed by atoms with Crippen molar-refractivity contribution >= 4 is 17.5 Å². The van der Waals surface area contributed by atoms with Crippen molar-refractivity contribution in [1.29, 1.82) is 0 Å². The number of aromatic nitrogens is 3. The normalized spacial score (nSPS) is 15.0. The van der Waals surface area contributed by atoms with E-state index in [9.17, 15) is 9.59 Å². The van der Waals surface area contributed by atoms with Crippen LogP contribution in [-0.4, -0.2) is 57.7 Å². The standard InChI is InChI=1S/C15H17N5O2/c1-11(21)12-8-13(18-9-12)15(22)20-6-4-19(5-7-20)14-10-16-2-3-17-14/h2-3,8-10,18H,4-7H2,1H3. The Morgan fingerprint density at radius 3 is 2.55 bits per heavy atom. The van der Waals surface area contributed by atoms with Gasteiger partial charge >= 0.3 is 0 Å². The highest BCUT2D eigenvalue weighted by molar-refractivity contribution is 5.99. The second-order valence-corrected chi connectivity index (χ2v) is 5.20. The van der Waals surface area contributed by atoms with E-state index >= 15 is 0 Å². The smallest absolute Gasteiger partial charge is 0.270 e. The lowest BCUT2D eigenvalue weighted by molar-refractivity contribution is 0.0741. The van der Waals surface area contributed by atoms with Crippen molar-refractivity contribution in [3.05, 3.63) is 42.1 Å². The summed E-state index contributed by atoms with van der Waals surface area (Å²) in [5.74, 6) is 0.697. The van der Waals surface area contributed by atoms with Crippen molar-refractivity contribution in [2.45, 2.75) is 6.92 Å². The molecule has 0 unspecified atom stereocenters. The maximum Gasteiger partial charge on any atom is 0.270 e. The molecule has 3 heterocycles. The van der Waals surface area contributed by atoms with Crippen molar-refractivity contribution in [2.24, 2.45) is 0 Å². The van der Waals surface area contributed by atoms with Crippen molar-refractivity contribution in [1.82, 2.24) is 19.9 Å². The molecule has 0 aliphatic carbocycles. The fourth-order valence-corrected chi connectivity index (χ4v) is 2.48. The Labute approximate surface area is 128 Å². The van der Waals surface area contributed by atoms with Gasteiger partial charge in [0.1, 0.15) is 11.5 Å². The number of H-pyrrole nitrogens is 1. The van der Waals surface area contributed by atoms with E-state index in [4.69, 9.17) is 0 Å². The zero-order chi connectivity index (χ0) is 15.5. The van der Waals surface area contributed by atoms with Crippen LogP contribution in [0.25, 0.3) is 0 Å². The molecular formula is C15H17N5O2. The van der Waals surface area contributed by atoms with Crippen LogP contribution in [0, 0.1) is 0 Å². The van der Waals surface area contributed by atoms with Crippen LogP contribution in [0.5, 0.6) is 0 Å². The number of hydrogen-bond donors (Lipinski definition) is 1. The highest BCUT2D eigenvalue weighted by Gasteiger charge is 2.24. The number of aromatic amines is 1. The Bertz CT molecular complexity index is 674. The fourth-order valence-electron chi connectivity index (χ4n) is 2.48. The second kappa shape index (κ2) is 5.97. The van der Waals surface area contributed by atoms with Crippen LogP contribution >= 0.6 is 0 Å². The highest BCUT2D eigenvalue weighted by atomic mass is 16.2. The van der Waals surface area contributed by atoms with E-state index in [0.717, 1.165) is 5.82 Å². The molecule has 1 amide bonds. The predicted molar refractivity (Wildman–Crippen MR) is 80.9 cm³/mol. The number of hydrogen-bond acceptors (Lipinski definition) is 5. The number of carbonyl (C=O) groups excluding carboxylic acids is 2. The quantitative estimate of drug-likeness (QED) is 0.854. The average molecular weight is 299 g/mol. The van der Waals surface area contributed by atoms with E-state index in [-0.39, 0.29) is 11.7 Å². The molecule has 7 heteroatoms. The topological polar surface area (TPSA) is 82.2 Å². The summed E-state index contributed by atoms with van der Waals surface area (Å²) in [6, 6.07) is 1.61. The van der Waals surface area contributed by atoms with Gasteiger partial charge in [0.25, 0.3) is 5.91 Å². The van der Waals surface area contributed by atoms with Crippen molar-refractivity contribution in [2.75, 3.05) is 31.1 Å². The van der Waals surface area contributed by atoms with Gasteiger partial charge in [-0.15, -0.1) is 0 Å².